The molecular formula is C23H28N2O. The molecule has 136 valence electrons. The molecule has 1 saturated heterocycles. The third-order valence-electron chi connectivity index (χ3n) is 5.72. The van der Waals surface area contributed by atoms with Gasteiger partial charge in [-0.1, -0.05) is 42.5 Å². The van der Waals surface area contributed by atoms with Gasteiger partial charge in [0.2, 0.25) is 0 Å². The molecule has 2 aliphatic heterocycles. The van der Waals surface area contributed by atoms with Crippen LogP contribution in [0.3, 0.4) is 0 Å². The predicted molar refractivity (Wildman–Crippen MR) is 108 cm³/mol. The van der Waals surface area contributed by atoms with Crippen LogP contribution >= 0.6 is 0 Å². The van der Waals surface area contributed by atoms with Crippen LogP contribution < -0.4 is 4.90 Å². The third kappa shape index (κ3) is 3.78. The van der Waals surface area contributed by atoms with Crippen LogP contribution in [0.15, 0.2) is 54.7 Å². The Kier molecular flexibility index (Phi) is 5.26. The number of benzene rings is 2. The monoisotopic (exact) mass is 348 g/mol. The highest BCUT2D eigenvalue weighted by Gasteiger charge is 2.28. The zero-order valence-corrected chi connectivity index (χ0v) is 15.3. The highest BCUT2D eigenvalue weighted by atomic mass is 16.2. The summed E-state index contributed by atoms with van der Waals surface area (Å²) in [5, 5.41) is 8.99. The molecule has 0 atom stereocenters. The predicted octanol–water partition coefficient (Wildman–Crippen LogP) is 3.72. The number of likely N-dealkylation sites (tertiary alicyclic amines) is 1. The lowest BCUT2D eigenvalue weighted by Gasteiger charge is -2.37. The van der Waals surface area contributed by atoms with Crippen molar-refractivity contribution >= 4 is 11.8 Å². The van der Waals surface area contributed by atoms with E-state index < -0.39 is 0 Å². The van der Waals surface area contributed by atoms with Crippen molar-refractivity contribution in [1.82, 2.24) is 4.90 Å². The molecule has 4 rings (SSSR count). The van der Waals surface area contributed by atoms with Gasteiger partial charge >= 0.3 is 0 Å². The quantitative estimate of drug-likeness (QED) is 0.892. The second-order valence-corrected chi connectivity index (χ2v) is 7.37. The first-order chi connectivity index (χ1) is 12.8. The number of nitrogens with zero attached hydrogens (tertiary/aromatic N) is 2. The van der Waals surface area contributed by atoms with Crippen LogP contribution in [0.1, 0.15) is 29.5 Å². The van der Waals surface area contributed by atoms with Crippen molar-refractivity contribution in [2.24, 2.45) is 0 Å². The van der Waals surface area contributed by atoms with Crippen molar-refractivity contribution in [3.05, 3.63) is 71.4 Å². The van der Waals surface area contributed by atoms with E-state index in [4.69, 9.17) is 5.11 Å². The Hall–Kier alpha value is -2.26. The summed E-state index contributed by atoms with van der Waals surface area (Å²) >= 11 is 0. The van der Waals surface area contributed by atoms with Crippen LogP contribution in [0.5, 0.6) is 0 Å². The summed E-state index contributed by atoms with van der Waals surface area (Å²) in [6.45, 7) is 3.65. The smallest absolute Gasteiger partial charge is 0.0471 e. The Bertz CT molecular complexity index is 745. The minimum Gasteiger partial charge on any atom is -0.396 e. The molecule has 0 saturated carbocycles. The molecule has 0 aromatic heterocycles. The zero-order chi connectivity index (χ0) is 17.8. The largest absolute Gasteiger partial charge is 0.396 e. The van der Waals surface area contributed by atoms with Crippen molar-refractivity contribution in [2.75, 3.05) is 31.1 Å². The highest BCUT2D eigenvalue weighted by molar-refractivity contribution is 5.58. The first-order valence-electron chi connectivity index (χ1n) is 9.80. The number of hydrogen-bond donors (Lipinski definition) is 1. The van der Waals surface area contributed by atoms with Crippen LogP contribution in [0.2, 0.25) is 0 Å². The minimum atomic E-state index is 0.214. The van der Waals surface area contributed by atoms with Gasteiger partial charge in [0.15, 0.2) is 0 Å². The first kappa shape index (κ1) is 17.2. The van der Waals surface area contributed by atoms with Crippen LogP contribution in [-0.4, -0.2) is 42.3 Å². The molecule has 1 fully saturated rings. The fourth-order valence-corrected chi connectivity index (χ4v) is 4.21. The number of rotatable bonds is 5. The minimum absolute atomic E-state index is 0.214. The van der Waals surface area contributed by atoms with E-state index in [0.717, 1.165) is 19.5 Å². The fourth-order valence-electron chi connectivity index (χ4n) is 4.21. The summed E-state index contributed by atoms with van der Waals surface area (Å²) < 4.78 is 0. The molecule has 2 aliphatic rings. The normalized spacial score (nSPS) is 17.9. The van der Waals surface area contributed by atoms with Crippen molar-refractivity contribution in [3.63, 3.8) is 0 Å². The number of fused-ring (bicyclic) bond motifs is 1. The molecule has 0 unspecified atom stereocenters. The number of hydrogen-bond acceptors (Lipinski definition) is 3. The topological polar surface area (TPSA) is 26.7 Å². The number of para-hydroxylation sites is 1. The average Bonchev–Trinajstić information content (AvgIpc) is 3.12. The van der Waals surface area contributed by atoms with E-state index in [1.807, 2.05) is 0 Å². The number of aliphatic hydroxyl groups is 1. The number of anilines is 1. The molecule has 3 nitrogen and oxygen atoms in total. The van der Waals surface area contributed by atoms with E-state index in [1.165, 1.54) is 48.2 Å². The van der Waals surface area contributed by atoms with Gasteiger partial charge in [-0.15, -0.1) is 0 Å². The molecule has 0 amide bonds. The lowest BCUT2D eigenvalue weighted by Crippen LogP contribution is -2.42. The van der Waals surface area contributed by atoms with E-state index in [9.17, 15) is 0 Å². The van der Waals surface area contributed by atoms with E-state index in [0.29, 0.717) is 6.04 Å². The van der Waals surface area contributed by atoms with E-state index in [-0.39, 0.29) is 6.61 Å². The van der Waals surface area contributed by atoms with E-state index in [2.05, 4.69) is 70.6 Å². The van der Waals surface area contributed by atoms with Gasteiger partial charge in [-0.2, -0.15) is 0 Å². The van der Waals surface area contributed by atoms with E-state index in [1.54, 1.807) is 0 Å². The second-order valence-electron chi connectivity index (χ2n) is 7.37. The summed E-state index contributed by atoms with van der Waals surface area (Å²) in [7, 11) is 0. The van der Waals surface area contributed by atoms with Crippen LogP contribution in [0.4, 0.5) is 5.69 Å². The Labute approximate surface area is 156 Å². The maximum absolute atomic E-state index is 8.99. The Morgan fingerprint density at radius 2 is 1.73 bits per heavy atom. The lowest BCUT2D eigenvalue weighted by atomic mass is 10.0. The molecule has 0 radical (unpaired) electrons. The van der Waals surface area contributed by atoms with Crippen molar-refractivity contribution in [3.8, 4) is 0 Å². The van der Waals surface area contributed by atoms with Gasteiger partial charge in [-0.3, -0.25) is 0 Å². The summed E-state index contributed by atoms with van der Waals surface area (Å²) in [5.41, 5.74) is 5.39. The van der Waals surface area contributed by atoms with Gasteiger partial charge in [-0.05, 0) is 60.7 Å². The Morgan fingerprint density at radius 1 is 0.962 bits per heavy atom. The average molecular weight is 348 g/mol. The molecule has 0 aliphatic carbocycles. The molecule has 1 N–H and O–H groups in total. The standard InChI is InChI=1S/C23H28N2O/c26-18-13-20-7-5-19(6-8-20)9-14-24-15-11-22(12-16-24)25-17-10-21-3-1-2-4-23(21)25/h1-9,14,22,26H,10-13,15-18H2. The molecular weight excluding hydrogens is 320 g/mol. The van der Waals surface area contributed by atoms with Crippen molar-refractivity contribution < 1.29 is 5.11 Å². The summed E-state index contributed by atoms with van der Waals surface area (Å²) in [5.74, 6) is 0. The van der Waals surface area contributed by atoms with Gasteiger partial charge < -0.3 is 14.9 Å². The summed E-state index contributed by atoms with van der Waals surface area (Å²) in [6, 6.07) is 18.0. The van der Waals surface area contributed by atoms with Gasteiger partial charge in [0, 0.05) is 38.0 Å². The van der Waals surface area contributed by atoms with Gasteiger partial charge in [0.25, 0.3) is 0 Å². The number of piperidine rings is 1. The van der Waals surface area contributed by atoms with Crippen molar-refractivity contribution in [1.29, 1.82) is 0 Å². The van der Waals surface area contributed by atoms with Crippen LogP contribution in [0, 0.1) is 0 Å². The Balaban J connectivity index is 1.31. The fraction of sp³-hybridized carbons (Fsp3) is 0.391. The van der Waals surface area contributed by atoms with Crippen LogP contribution in [0.25, 0.3) is 6.08 Å². The maximum Gasteiger partial charge on any atom is 0.0471 e. The summed E-state index contributed by atoms with van der Waals surface area (Å²) in [4.78, 5) is 5.08. The second kappa shape index (κ2) is 7.96. The van der Waals surface area contributed by atoms with Gasteiger partial charge in [0.05, 0.1) is 0 Å². The van der Waals surface area contributed by atoms with Crippen molar-refractivity contribution in [2.45, 2.75) is 31.7 Å². The molecule has 2 aromatic carbocycles. The number of aliphatic hydroxyl groups excluding tert-OH is 1. The molecule has 0 bridgehead atoms. The van der Waals surface area contributed by atoms with Gasteiger partial charge in [-0.25, -0.2) is 0 Å². The summed E-state index contributed by atoms with van der Waals surface area (Å²) in [6.07, 6.45) is 8.84. The third-order valence-corrected chi connectivity index (χ3v) is 5.72. The zero-order valence-electron chi connectivity index (χ0n) is 15.3. The molecule has 2 heterocycles. The molecule has 26 heavy (non-hydrogen) atoms. The van der Waals surface area contributed by atoms with Gasteiger partial charge in [0.1, 0.15) is 0 Å². The lowest BCUT2D eigenvalue weighted by molar-refractivity contribution is 0.280. The molecule has 2 aromatic rings. The highest BCUT2D eigenvalue weighted by Crippen LogP contribution is 2.32. The van der Waals surface area contributed by atoms with E-state index >= 15 is 0 Å². The first-order valence-corrected chi connectivity index (χ1v) is 9.80. The molecule has 0 spiro atoms. The van der Waals surface area contributed by atoms with Crippen LogP contribution in [-0.2, 0) is 12.8 Å². The maximum atomic E-state index is 8.99. The Morgan fingerprint density at radius 3 is 2.50 bits per heavy atom. The SMILES string of the molecule is OCCc1ccc(C=CN2CCC(N3CCc4ccccc43)CC2)cc1. The molecule has 3 heteroatoms.